The Kier molecular flexibility index (Phi) is 5.96. The van der Waals surface area contributed by atoms with Crippen LogP contribution in [0.15, 0.2) is 17.5 Å². The van der Waals surface area contributed by atoms with Crippen LogP contribution in [0.2, 0.25) is 0 Å². The molecule has 3 saturated heterocycles. The summed E-state index contributed by atoms with van der Waals surface area (Å²) in [7, 11) is 0. The number of amides is 3. The SMILES string of the molecule is O=C(N[C@H]1C[C@H]2C(=O)NC[C@@H](CCC(=O)N3CCCCC3)N2C1)c1cccs1. The maximum Gasteiger partial charge on any atom is 0.261 e. The van der Waals surface area contributed by atoms with Crippen LogP contribution in [-0.4, -0.2) is 71.8 Å². The highest BCUT2D eigenvalue weighted by Gasteiger charge is 2.43. The first-order chi connectivity index (χ1) is 13.6. The Labute approximate surface area is 169 Å². The lowest BCUT2D eigenvalue weighted by atomic mass is 10.0. The average molecular weight is 405 g/mol. The minimum absolute atomic E-state index is 0.0338. The normalized spacial score (nSPS) is 27.9. The lowest BCUT2D eigenvalue weighted by Gasteiger charge is -2.37. The third-order valence-corrected chi connectivity index (χ3v) is 6.97. The van der Waals surface area contributed by atoms with Crippen molar-refractivity contribution in [3.05, 3.63) is 22.4 Å². The Morgan fingerprint density at radius 2 is 2.07 bits per heavy atom. The number of rotatable bonds is 5. The number of piperidine rings is 1. The standard InChI is InChI=1S/C20H28N4O3S/c25-18(23-8-2-1-3-9-23)7-6-15-12-21-19(26)16-11-14(13-24(15)16)22-20(27)17-5-4-10-28-17/h4-5,10,14-16H,1-3,6-9,11-13H2,(H,21,26)(H,22,27)/t14-,15+,16-/m0/s1. The predicted octanol–water partition coefficient (Wildman–Crippen LogP) is 1.21. The first kappa shape index (κ1) is 19.4. The molecule has 0 aliphatic carbocycles. The van der Waals surface area contributed by atoms with Gasteiger partial charge in [-0.3, -0.25) is 19.3 Å². The number of fused-ring (bicyclic) bond motifs is 1. The first-order valence-electron chi connectivity index (χ1n) is 10.3. The molecule has 3 aliphatic rings. The highest BCUT2D eigenvalue weighted by atomic mass is 32.1. The Balaban J connectivity index is 1.33. The molecule has 7 nitrogen and oxygen atoms in total. The number of carbonyl (C=O) groups is 3. The molecule has 0 spiro atoms. The minimum Gasteiger partial charge on any atom is -0.353 e. The summed E-state index contributed by atoms with van der Waals surface area (Å²) in [6.45, 7) is 3.00. The quantitative estimate of drug-likeness (QED) is 0.773. The van der Waals surface area contributed by atoms with E-state index in [9.17, 15) is 14.4 Å². The number of nitrogens with zero attached hydrogens (tertiary/aromatic N) is 2. The molecule has 152 valence electrons. The van der Waals surface area contributed by atoms with Crippen LogP contribution in [-0.2, 0) is 9.59 Å². The average Bonchev–Trinajstić information content (AvgIpc) is 3.38. The van der Waals surface area contributed by atoms with Crippen molar-refractivity contribution >= 4 is 29.1 Å². The zero-order valence-electron chi connectivity index (χ0n) is 16.1. The minimum atomic E-state index is -0.211. The fourth-order valence-electron chi connectivity index (χ4n) is 4.60. The van der Waals surface area contributed by atoms with Gasteiger partial charge in [0.15, 0.2) is 0 Å². The predicted molar refractivity (Wildman–Crippen MR) is 107 cm³/mol. The van der Waals surface area contributed by atoms with E-state index in [1.807, 2.05) is 22.4 Å². The summed E-state index contributed by atoms with van der Waals surface area (Å²) < 4.78 is 0. The highest BCUT2D eigenvalue weighted by molar-refractivity contribution is 7.12. The van der Waals surface area contributed by atoms with E-state index in [0.717, 1.165) is 32.4 Å². The van der Waals surface area contributed by atoms with Crippen molar-refractivity contribution < 1.29 is 14.4 Å². The summed E-state index contributed by atoms with van der Waals surface area (Å²) in [6.07, 6.45) is 5.32. The monoisotopic (exact) mass is 404 g/mol. The molecule has 3 fully saturated rings. The number of carbonyl (C=O) groups excluding carboxylic acids is 3. The molecule has 3 aliphatic heterocycles. The van der Waals surface area contributed by atoms with Crippen LogP contribution in [0, 0.1) is 0 Å². The van der Waals surface area contributed by atoms with Gasteiger partial charge in [-0.25, -0.2) is 0 Å². The van der Waals surface area contributed by atoms with Gasteiger partial charge in [0, 0.05) is 44.7 Å². The third kappa shape index (κ3) is 4.22. The Bertz CT molecular complexity index is 717. The van der Waals surface area contributed by atoms with Gasteiger partial charge in [-0.05, 0) is 43.6 Å². The molecule has 0 aromatic carbocycles. The molecule has 0 unspecified atom stereocenters. The Hall–Kier alpha value is -1.93. The van der Waals surface area contributed by atoms with E-state index < -0.39 is 0 Å². The van der Waals surface area contributed by atoms with Gasteiger partial charge in [-0.1, -0.05) is 6.07 Å². The van der Waals surface area contributed by atoms with E-state index in [1.165, 1.54) is 17.8 Å². The summed E-state index contributed by atoms with van der Waals surface area (Å²) in [5.41, 5.74) is 0. The smallest absolute Gasteiger partial charge is 0.261 e. The van der Waals surface area contributed by atoms with Gasteiger partial charge < -0.3 is 15.5 Å². The molecule has 3 atom stereocenters. The van der Waals surface area contributed by atoms with Crippen molar-refractivity contribution in [3.63, 3.8) is 0 Å². The van der Waals surface area contributed by atoms with Crippen LogP contribution in [0.5, 0.6) is 0 Å². The molecule has 8 heteroatoms. The van der Waals surface area contributed by atoms with Crippen molar-refractivity contribution in [2.24, 2.45) is 0 Å². The molecular weight excluding hydrogens is 376 g/mol. The van der Waals surface area contributed by atoms with E-state index in [2.05, 4.69) is 15.5 Å². The second-order valence-electron chi connectivity index (χ2n) is 7.98. The molecule has 28 heavy (non-hydrogen) atoms. The number of piperazine rings is 1. The highest BCUT2D eigenvalue weighted by Crippen LogP contribution is 2.26. The van der Waals surface area contributed by atoms with Crippen molar-refractivity contribution in [2.75, 3.05) is 26.2 Å². The lowest BCUT2D eigenvalue weighted by molar-refractivity contribution is -0.133. The van der Waals surface area contributed by atoms with Gasteiger partial charge in [0.2, 0.25) is 11.8 Å². The summed E-state index contributed by atoms with van der Waals surface area (Å²) in [5.74, 6) is 0.193. The number of nitrogens with one attached hydrogen (secondary N) is 2. The maximum absolute atomic E-state index is 12.5. The van der Waals surface area contributed by atoms with E-state index in [0.29, 0.717) is 30.8 Å². The van der Waals surface area contributed by atoms with Crippen molar-refractivity contribution in [3.8, 4) is 0 Å². The van der Waals surface area contributed by atoms with E-state index in [4.69, 9.17) is 0 Å². The van der Waals surface area contributed by atoms with E-state index >= 15 is 0 Å². The summed E-state index contributed by atoms with van der Waals surface area (Å²) in [5, 5.41) is 7.95. The van der Waals surface area contributed by atoms with Crippen molar-refractivity contribution in [2.45, 2.75) is 56.7 Å². The fourth-order valence-corrected chi connectivity index (χ4v) is 5.23. The number of thiophene rings is 1. The largest absolute Gasteiger partial charge is 0.353 e. The van der Waals surface area contributed by atoms with Crippen LogP contribution in [0.4, 0.5) is 0 Å². The summed E-state index contributed by atoms with van der Waals surface area (Å²) >= 11 is 1.42. The fraction of sp³-hybridized carbons (Fsp3) is 0.650. The third-order valence-electron chi connectivity index (χ3n) is 6.10. The molecule has 4 heterocycles. The number of likely N-dealkylation sites (tertiary alicyclic amines) is 1. The molecule has 0 saturated carbocycles. The topological polar surface area (TPSA) is 81.8 Å². The van der Waals surface area contributed by atoms with Gasteiger partial charge >= 0.3 is 0 Å². The molecule has 0 radical (unpaired) electrons. The summed E-state index contributed by atoms with van der Waals surface area (Å²) in [4.78, 5) is 42.1. The van der Waals surface area contributed by atoms with Gasteiger partial charge in [0.05, 0.1) is 10.9 Å². The summed E-state index contributed by atoms with van der Waals surface area (Å²) in [6, 6.07) is 3.57. The molecule has 4 rings (SSSR count). The van der Waals surface area contributed by atoms with Crippen LogP contribution >= 0.6 is 11.3 Å². The molecule has 2 N–H and O–H groups in total. The van der Waals surface area contributed by atoms with Crippen LogP contribution in [0.1, 0.15) is 48.2 Å². The van der Waals surface area contributed by atoms with Crippen LogP contribution in [0.3, 0.4) is 0 Å². The van der Waals surface area contributed by atoms with Crippen molar-refractivity contribution in [1.82, 2.24) is 20.4 Å². The zero-order valence-corrected chi connectivity index (χ0v) is 16.9. The lowest BCUT2D eigenvalue weighted by Crippen LogP contribution is -2.58. The Morgan fingerprint density at radius 3 is 2.82 bits per heavy atom. The zero-order chi connectivity index (χ0) is 19.5. The maximum atomic E-state index is 12.5. The number of hydrogen-bond acceptors (Lipinski definition) is 5. The van der Waals surface area contributed by atoms with Gasteiger partial charge in [-0.15, -0.1) is 11.3 Å². The molecule has 1 aromatic rings. The van der Waals surface area contributed by atoms with Crippen LogP contribution < -0.4 is 10.6 Å². The van der Waals surface area contributed by atoms with Crippen LogP contribution in [0.25, 0.3) is 0 Å². The number of hydrogen-bond donors (Lipinski definition) is 2. The van der Waals surface area contributed by atoms with Gasteiger partial charge in [0.25, 0.3) is 5.91 Å². The second-order valence-corrected chi connectivity index (χ2v) is 8.92. The second kappa shape index (κ2) is 8.61. The Morgan fingerprint density at radius 1 is 1.25 bits per heavy atom. The van der Waals surface area contributed by atoms with E-state index in [-0.39, 0.29) is 35.8 Å². The molecule has 1 aromatic heterocycles. The van der Waals surface area contributed by atoms with Gasteiger partial charge in [0.1, 0.15) is 0 Å². The molecule has 0 bridgehead atoms. The van der Waals surface area contributed by atoms with E-state index in [1.54, 1.807) is 0 Å². The van der Waals surface area contributed by atoms with Gasteiger partial charge in [-0.2, -0.15) is 0 Å². The molecular formula is C20H28N4O3S. The molecule has 3 amide bonds. The first-order valence-corrected chi connectivity index (χ1v) is 11.2. The van der Waals surface area contributed by atoms with Crippen molar-refractivity contribution in [1.29, 1.82) is 0 Å².